The lowest BCUT2D eigenvalue weighted by Gasteiger charge is -2.38. The van der Waals surface area contributed by atoms with Crippen LogP contribution in [-0.4, -0.2) is 57.3 Å². The Hall–Kier alpha value is -4.46. The van der Waals surface area contributed by atoms with Gasteiger partial charge in [0.1, 0.15) is 28.7 Å². The number of hydrogen-bond donors (Lipinski definition) is 2. The van der Waals surface area contributed by atoms with Crippen molar-refractivity contribution in [2.45, 2.75) is 90.1 Å². The van der Waals surface area contributed by atoms with Gasteiger partial charge in [0, 0.05) is 52.8 Å². The van der Waals surface area contributed by atoms with E-state index in [2.05, 4.69) is 20.3 Å². The minimum Gasteiger partial charge on any atom is -0.374 e. The van der Waals surface area contributed by atoms with E-state index in [9.17, 15) is 22.8 Å². The molecule has 1 saturated carbocycles. The molecule has 1 saturated heterocycles. The van der Waals surface area contributed by atoms with Crippen molar-refractivity contribution in [3.8, 4) is 11.1 Å². The molecular formula is C34H37F4N7O3. The molecule has 254 valence electrons. The van der Waals surface area contributed by atoms with Crippen molar-refractivity contribution in [2.24, 2.45) is 10.7 Å². The Bertz CT molecular complexity index is 1790. The predicted octanol–water partition coefficient (Wildman–Crippen LogP) is 5.06. The molecule has 3 aromatic rings. The molecule has 0 bridgehead atoms. The molecular weight excluding hydrogens is 630 g/mol. The highest BCUT2D eigenvalue weighted by Gasteiger charge is 2.47. The van der Waals surface area contributed by atoms with Crippen LogP contribution in [0.2, 0.25) is 0 Å². The van der Waals surface area contributed by atoms with Crippen LogP contribution in [-0.2, 0) is 33.5 Å². The Morgan fingerprint density at radius 1 is 1.10 bits per heavy atom. The number of amidine groups is 1. The molecule has 2 aromatic heterocycles. The van der Waals surface area contributed by atoms with Crippen LogP contribution < -0.4 is 16.0 Å². The van der Waals surface area contributed by atoms with Crippen molar-refractivity contribution in [3.63, 3.8) is 0 Å². The van der Waals surface area contributed by atoms with Crippen molar-refractivity contribution in [1.29, 1.82) is 0 Å². The van der Waals surface area contributed by atoms with Crippen molar-refractivity contribution >= 4 is 23.3 Å². The number of aliphatic imine (C=N–C) groups is 1. The first-order chi connectivity index (χ1) is 22.6. The van der Waals surface area contributed by atoms with Gasteiger partial charge < -0.3 is 20.7 Å². The Balaban J connectivity index is 1.31. The maximum atomic E-state index is 16.0. The maximum absolute atomic E-state index is 16.0. The standard InChI is InChI=1S/C34H37F4N7O3/c1-17(2)48-16-23-24(35)13-21(29-18(3)40-28(15-27(39)46)41-19(29)4)14-25(23)45-11-9-33(10-12-45)32(47)43-31(44-33)22-7-8-26(34(36,37)38)42-30(22)20-5-6-20/h7-8,13-14,17,20H,5-6,9-12,15-16H2,1-4H3,(H2,39,46)(H,43,44,47). The van der Waals surface area contributed by atoms with Crippen LogP contribution in [0.1, 0.15) is 85.2 Å². The molecule has 2 aliphatic heterocycles. The summed E-state index contributed by atoms with van der Waals surface area (Å²) in [5.41, 5.74) is 7.27. The number of hydrogen-bond acceptors (Lipinski definition) is 8. The first kappa shape index (κ1) is 33.4. The topological polar surface area (TPSA) is 136 Å². The van der Waals surface area contributed by atoms with Crippen molar-refractivity contribution in [1.82, 2.24) is 20.3 Å². The number of carbonyl (C=O) groups is 2. The highest BCUT2D eigenvalue weighted by Crippen LogP contribution is 2.43. The van der Waals surface area contributed by atoms with Gasteiger partial charge in [-0.3, -0.25) is 14.6 Å². The molecule has 4 heterocycles. The summed E-state index contributed by atoms with van der Waals surface area (Å²) in [7, 11) is 0. The molecule has 48 heavy (non-hydrogen) atoms. The number of nitrogens with one attached hydrogen (secondary N) is 1. The van der Waals surface area contributed by atoms with Crippen LogP contribution in [0.5, 0.6) is 0 Å². The smallest absolute Gasteiger partial charge is 0.374 e. The van der Waals surface area contributed by atoms with E-state index in [0.717, 1.165) is 18.9 Å². The monoisotopic (exact) mass is 667 g/mol. The Morgan fingerprint density at radius 3 is 2.35 bits per heavy atom. The van der Waals surface area contributed by atoms with E-state index in [0.29, 0.717) is 71.0 Å². The lowest BCUT2D eigenvalue weighted by molar-refractivity contribution is -0.141. The van der Waals surface area contributed by atoms with Crippen LogP contribution >= 0.6 is 0 Å². The number of pyridine rings is 1. The van der Waals surface area contributed by atoms with Gasteiger partial charge in [0.15, 0.2) is 0 Å². The number of rotatable bonds is 9. The van der Waals surface area contributed by atoms with Gasteiger partial charge in [-0.15, -0.1) is 0 Å². The summed E-state index contributed by atoms with van der Waals surface area (Å²) < 4.78 is 62.1. The third-order valence-electron chi connectivity index (χ3n) is 9.02. The second-order valence-electron chi connectivity index (χ2n) is 13.0. The normalized spacial score (nSPS) is 17.6. The van der Waals surface area contributed by atoms with E-state index >= 15 is 4.39 Å². The summed E-state index contributed by atoms with van der Waals surface area (Å²) in [6.07, 6.45) is -2.79. The molecule has 3 aliphatic rings. The molecule has 10 nitrogen and oxygen atoms in total. The molecule has 6 rings (SSSR count). The molecule has 0 radical (unpaired) electrons. The van der Waals surface area contributed by atoms with Crippen molar-refractivity contribution in [3.05, 3.63) is 69.8 Å². The summed E-state index contributed by atoms with van der Waals surface area (Å²) >= 11 is 0. The van der Waals surface area contributed by atoms with Gasteiger partial charge in [0.25, 0.3) is 5.91 Å². The van der Waals surface area contributed by atoms with Crippen LogP contribution in [0.25, 0.3) is 11.1 Å². The lowest BCUT2D eigenvalue weighted by atomic mass is 9.87. The van der Waals surface area contributed by atoms with Crippen molar-refractivity contribution in [2.75, 3.05) is 18.0 Å². The second-order valence-corrected chi connectivity index (χ2v) is 13.0. The largest absolute Gasteiger partial charge is 0.433 e. The van der Waals surface area contributed by atoms with Crippen molar-refractivity contribution < 1.29 is 31.9 Å². The SMILES string of the molecule is Cc1nc(CC(N)=O)nc(C)c1-c1cc(F)c(COC(C)C)c(N2CCC3(CC2)N=C(c2ccc(C(F)(F)F)nc2C2CC2)NC3=O)c1. The highest BCUT2D eigenvalue weighted by molar-refractivity contribution is 6.16. The van der Waals surface area contributed by atoms with Gasteiger partial charge in [-0.1, -0.05) is 0 Å². The summed E-state index contributed by atoms with van der Waals surface area (Å²) in [6, 6.07) is 5.56. The fourth-order valence-electron chi connectivity index (χ4n) is 6.48. The zero-order valence-electron chi connectivity index (χ0n) is 27.2. The third-order valence-corrected chi connectivity index (χ3v) is 9.02. The molecule has 14 heteroatoms. The lowest BCUT2D eigenvalue weighted by Crippen LogP contribution is -2.49. The Labute approximate surface area is 275 Å². The van der Waals surface area contributed by atoms with E-state index in [1.54, 1.807) is 13.8 Å². The number of nitrogens with zero attached hydrogens (tertiary/aromatic N) is 5. The summed E-state index contributed by atoms with van der Waals surface area (Å²) in [4.78, 5) is 44.5. The summed E-state index contributed by atoms with van der Waals surface area (Å²) in [5.74, 6) is -0.922. The average Bonchev–Trinajstić information content (AvgIpc) is 3.80. The zero-order valence-corrected chi connectivity index (χ0v) is 27.2. The number of piperidine rings is 1. The van der Waals surface area contributed by atoms with Gasteiger partial charge in [-0.25, -0.2) is 19.3 Å². The minimum absolute atomic E-state index is 0.0282. The van der Waals surface area contributed by atoms with Crippen LogP contribution in [0.4, 0.5) is 23.2 Å². The number of amides is 2. The molecule has 0 atom stereocenters. The van der Waals surface area contributed by atoms with Crippen LogP contribution in [0, 0.1) is 19.7 Å². The van der Waals surface area contributed by atoms with Gasteiger partial charge in [0.05, 0.1) is 24.8 Å². The first-order valence-electron chi connectivity index (χ1n) is 16.0. The molecule has 3 N–H and O–H groups in total. The van der Waals surface area contributed by atoms with Gasteiger partial charge in [-0.05, 0) is 83.2 Å². The molecule has 1 aliphatic carbocycles. The number of aryl methyl sites for hydroxylation is 2. The summed E-state index contributed by atoms with van der Waals surface area (Å²) in [6.45, 7) is 8.00. The number of ether oxygens (including phenoxy) is 1. The predicted molar refractivity (Wildman–Crippen MR) is 170 cm³/mol. The van der Waals surface area contributed by atoms with E-state index in [4.69, 9.17) is 15.5 Å². The molecule has 1 spiro atoms. The molecule has 2 amide bonds. The number of aromatic nitrogens is 3. The highest BCUT2D eigenvalue weighted by atomic mass is 19.4. The van der Waals surface area contributed by atoms with Gasteiger partial charge >= 0.3 is 6.18 Å². The third kappa shape index (κ3) is 6.62. The first-order valence-corrected chi connectivity index (χ1v) is 16.0. The van der Waals surface area contributed by atoms with E-state index < -0.39 is 29.1 Å². The number of alkyl halides is 3. The van der Waals surface area contributed by atoms with Gasteiger partial charge in [-0.2, -0.15) is 13.2 Å². The number of benzene rings is 1. The number of primary amides is 1. The number of anilines is 1. The Morgan fingerprint density at radius 2 is 1.77 bits per heavy atom. The molecule has 2 fully saturated rings. The number of carbonyl (C=O) groups excluding carboxylic acids is 2. The minimum atomic E-state index is -4.58. The van der Waals surface area contributed by atoms with E-state index in [1.807, 2.05) is 24.8 Å². The maximum Gasteiger partial charge on any atom is 0.433 e. The number of nitrogens with two attached hydrogens (primary N) is 1. The molecule has 1 aromatic carbocycles. The fraction of sp³-hybridized carbons (Fsp3) is 0.471. The zero-order chi connectivity index (χ0) is 34.5. The average molecular weight is 668 g/mol. The van der Waals surface area contributed by atoms with Crippen LogP contribution in [0.15, 0.2) is 29.3 Å². The van der Waals surface area contributed by atoms with E-state index in [-0.39, 0.29) is 42.6 Å². The fourth-order valence-corrected chi connectivity index (χ4v) is 6.48. The van der Waals surface area contributed by atoms with Crippen LogP contribution in [0.3, 0.4) is 0 Å². The quantitative estimate of drug-likeness (QED) is 0.305. The van der Waals surface area contributed by atoms with E-state index in [1.165, 1.54) is 12.1 Å². The van der Waals surface area contributed by atoms with Gasteiger partial charge in [0.2, 0.25) is 5.91 Å². The number of halogens is 4. The second kappa shape index (κ2) is 12.5. The Kier molecular flexibility index (Phi) is 8.73. The molecule has 0 unspecified atom stereocenters. The summed E-state index contributed by atoms with van der Waals surface area (Å²) in [5, 5.41) is 2.83.